The van der Waals surface area contributed by atoms with Crippen molar-refractivity contribution in [3.63, 3.8) is 0 Å². The lowest BCUT2D eigenvalue weighted by atomic mass is 9.98. The molecule has 0 amide bonds. The third kappa shape index (κ3) is 3.19. The molecule has 0 fully saturated rings. The van der Waals surface area contributed by atoms with Gasteiger partial charge in [-0.1, -0.05) is 6.07 Å². The van der Waals surface area contributed by atoms with E-state index in [9.17, 15) is 26.3 Å². The van der Waals surface area contributed by atoms with Crippen LogP contribution in [0.5, 0.6) is 0 Å². The summed E-state index contributed by atoms with van der Waals surface area (Å²) in [7, 11) is 0. The van der Waals surface area contributed by atoms with Gasteiger partial charge in [0.15, 0.2) is 0 Å². The summed E-state index contributed by atoms with van der Waals surface area (Å²) in [4.78, 5) is 3.13. The fourth-order valence-corrected chi connectivity index (χ4v) is 1.82. The molecule has 0 unspecified atom stereocenters. The summed E-state index contributed by atoms with van der Waals surface area (Å²) in [6, 6.07) is 5.84. The highest BCUT2D eigenvalue weighted by Gasteiger charge is 2.35. The van der Waals surface area contributed by atoms with Crippen molar-refractivity contribution >= 4 is 0 Å². The zero-order valence-electron chi connectivity index (χ0n) is 10.6. The van der Waals surface area contributed by atoms with Crippen LogP contribution in [0, 0.1) is 11.3 Å². The molecule has 0 saturated carbocycles. The second-order valence-electron chi connectivity index (χ2n) is 4.30. The molecule has 0 aliphatic rings. The molecule has 0 saturated heterocycles. The number of nitrogens with zero attached hydrogens (tertiary/aromatic N) is 2. The van der Waals surface area contributed by atoms with E-state index in [0.717, 1.165) is 18.2 Å². The van der Waals surface area contributed by atoms with Gasteiger partial charge in [0, 0.05) is 11.8 Å². The quantitative estimate of drug-likeness (QED) is 0.718. The molecular formula is C14H6F6N2. The third-order valence-corrected chi connectivity index (χ3v) is 2.82. The number of aromatic nitrogens is 1. The molecule has 1 aromatic carbocycles. The van der Waals surface area contributed by atoms with Crippen molar-refractivity contribution in [1.29, 1.82) is 5.26 Å². The minimum absolute atomic E-state index is 0.0390. The Kier molecular flexibility index (Phi) is 3.83. The van der Waals surface area contributed by atoms with Crippen molar-refractivity contribution < 1.29 is 26.3 Å². The number of halogens is 6. The highest BCUT2D eigenvalue weighted by Crippen LogP contribution is 2.38. The first-order valence-corrected chi connectivity index (χ1v) is 5.78. The maximum Gasteiger partial charge on any atom is 0.433 e. The number of alkyl halides is 6. The molecule has 0 spiro atoms. The van der Waals surface area contributed by atoms with Crippen LogP contribution in [-0.2, 0) is 12.4 Å². The smallest absolute Gasteiger partial charge is 0.251 e. The fraction of sp³-hybridized carbons (Fsp3) is 0.143. The zero-order chi connectivity index (χ0) is 16.5. The van der Waals surface area contributed by atoms with Gasteiger partial charge in [-0.15, -0.1) is 0 Å². The second-order valence-corrected chi connectivity index (χ2v) is 4.30. The summed E-state index contributed by atoms with van der Waals surface area (Å²) >= 11 is 0. The predicted molar refractivity (Wildman–Crippen MR) is 64.4 cm³/mol. The SMILES string of the molecule is N#Cc1ccc(C(F)(F)F)c(-c2ccc(C(F)(F)F)nc2)c1. The minimum atomic E-state index is -4.70. The van der Waals surface area contributed by atoms with Crippen LogP contribution in [0.1, 0.15) is 16.8 Å². The maximum atomic E-state index is 13.0. The van der Waals surface area contributed by atoms with Gasteiger partial charge in [0.1, 0.15) is 5.69 Å². The van der Waals surface area contributed by atoms with Gasteiger partial charge in [-0.2, -0.15) is 31.6 Å². The lowest BCUT2D eigenvalue weighted by Crippen LogP contribution is -2.09. The summed E-state index contributed by atoms with van der Waals surface area (Å²) in [5.41, 5.74) is -2.84. The normalized spacial score (nSPS) is 12.0. The van der Waals surface area contributed by atoms with Crippen molar-refractivity contribution in [2.24, 2.45) is 0 Å². The molecule has 22 heavy (non-hydrogen) atoms. The first kappa shape index (κ1) is 15.8. The standard InChI is InChI=1S/C14H6F6N2/c15-13(16,17)11-3-1-8(6-21)5-10(11)9-2-4-12(22-7-9)14(18,19)20/h1-5,7H. The van der Waals surface area contributed by atoms with Crippen LogP contribution in [-0.4, -0.2) is 4.98 Å². The lowest BCUT2D eigenvalue weighted by Gasteiger charge is -2.13. The zero-order valence-corrected chi connectivity index (χ0v) is 10.6. The lowest BCUT2D eigenvalue weighted by molar-refractivity contribution is -0.141. The molecule has 8 heteroatoms. The first-order chi connectivity index (χ1) is 10.1. The van der Waals surface area contributed by atoms with Gasteiger partial charge >= 0.3 is 12.4 Å². The topological polar surface area (TPSA) is 36.7 Å². The molecule has 0 N–H and O–H groups in total. The van der Waals surface area contributed by atoms with E-state index in [4.69, 9.17) is 5.26 Å². The van der Waals surface area contributed by atoms with E-state index in [-0.39, 0.29) is 11.1 Å². The summed E-state index contributed by atoms with van der Waals surface area (Å²) in [5, 5.41) is 8.76. The Hall–Kier alpha value is -2.56. The number of hydrogen-bond donors (Lipinski definition) is 0. The van der Waals surface area contributed by atoms with Crippen molar-refractivity contribution in [2.45, 2.75) is 12.4 Å². The van der Waals surface area contributed by atoms with Gasteiger partial charge in [-0.3, -0.25) is 4.98 Å². The molecule has 0 bridgehead atoms. The van der Waals surface area contributed by atoms with Crippen LogP contribution in [0.4, 0.5) is 26.3 Å². The van der Waals surface area contributed by atoms with E-state index in [1.165, 1.54) is 0 Å². The van der Waals surface area contributed by atoms with E-state index in [1.54, 1.807) is 6.07 Å². The summed E-state index contributed by atoms with van der Waals surface area (Å²) in [5.74, 6) is 0. The number of nitriles is 1. The minimum Gasteiger partial charge on any atom is -0.251 e. The predicted octanol–water partition coefficient (Wildman–Crippen LogP) is 4.66. The van der Waals surface area contributed by atoms with Gasteiger partial charge in [-0.05, 0) is 29.8 Å². The molecule has 0 aliphatic carbocycles. The highest BCUT2D eigenvalue weighted by molar-refractivity contribution is 5.69. The maximum absolute atomic E-state index is 13.0. The van der Waals surface area contributed by atoms with Crippen LogP contribution >= 0.6 is 0 Å². The van der Waals surface area contributed by atoms with E-state index in [2.05, 4.69) is 4.98 Å². The molecule has 0 atom stereocenters. The first-order valence-electron chi connectivity index (χ1n) is 5.78. The van der Waals surface area contributed by atoms with Gasteiger partial charge in [0.05, 0.1) is 17.2 Å². The number of hydrogen-bond acceptors (Lipinski definition) is 2. The Balaban J connectivity index is 2.58. The number of benzene rings is 1. The van der Waals surface area contributed by atoms with E-state index < -0.39 is 29.2 Å². The summed E-state index contributed by atoms with van der Waals surface area (Å²) < 4.78 is 76.1. The molecule has 2 rings (SSSR count). The Labute approximate surface area is 120 Å². The largest absolute Gasteiger partial charge is 0.433 e. The fourth-order valence-electron chi connectivity index (χ4n) is 1.82. The Morgan fingerprint density at radius 1 is 0.909 bits per heavy atom. The number of rotatable bonds is 1. The molecule has 1 aromatic heterocycles. The van der Waals surface area contributed by atoms with Gasteiger partial charge < -0.3 is 0 Å². The Morgan fingerprint density at radius 3 is 2.05 bits per heavy atom. The highest BCUT2D eigenvalue weighted by atomic mass is 19.4. The van der Waals surface area contributed by atoms with Gasteiger partial charge in [0.2, 0.25) is 0 Å². The Bertz CT molecular complexity index is 723. The molecule has 2 aromatic rings. The average molecular weight is 316 g/mol. The van der Waals surface area contributed by atoms with Crippen LogP contribution in [0.3, 0.4) is 0 Å². The van der Waals surface area contributed by atoms with E-state index in [0.29, 0.717) is 18.3 Å². The molecule has 0 aliphatic heterocycles. The van der Waals surface area contributed by atoms with Crippen LogP contribution in [0.15, 0.2) is 36.5 Å². The molecule has 1 heterocycles. The molecule has 114 valence electrons. The van der Waals surface area contributed by atoms with E-state index in [1.807, 2.05) is 0 Å². The van der Waals surface area contributed by atoms with Gasteiger partial charge in [0.25, 0.3) is 0 Å². The van der Waals surface area contributed by atoms with Crippen molar-refractivity contribution in [1.82, 2.24) is 4.98 Å². The Morgan fingerprint density at radius 2 is 1.59 bits per heavy atom. The van der Waals surface area contributed by atoms with Crippen molar-refractivity contribution in [2.75, 3.05) is 0 Å². The van der Waals surface area contributed by atoms with Crippen molar-refractivity contribution in [3.8, 4) is 17.2 Å². The summed E-state index contributed by atoms with van der Waals surface area (Å²) in [6.07, 6.45) is -8.68. The molecule has 0 radical (unpaired) electrons. The second kappa shape index (κ2) is 5.33. The van der Waals surface area contributed by atoms with Crippen LogP contribution in [0.2, 0.25) is 0 Å². The van der Waals surface area contributed by atoms with Gasteiger partial charge in [-0.25, -0.2) is 0 Å². The molecular weight excluding hydrogens is 310 g/mol. The molecule has 2 nitrogen and oxygen atoms in total. The third-order valence-electron chi connectivity index (χ3n) is 2.82. The average Bonchev–Trinajstić information content (AvgIpc) is 2.45. The number of pyridine rings is 1. The van der Waals surface area contributed by atoms with Crippen LogP contribution in [0.25, 0.3) is 11.1 Å². The summed E-state index contributed by atoms with van der Waals surface area (Å²) in [6.45, 7) is 0. The van der Waals surface area contributed by atoms with Crippen molar-refractivity contribution in [3.05, 3.63) is 53.3 Å². The van der Waals surface area contributed by atoms with E-state index >= 15 is 0 Å². The van der Waals surface area contributed by atoms with Crippen LogP contribution < -0.4 is 0 Å². The monoisotopic (exact) mass is 316 g/mol.